The number of aliphatic hydroxyl groups is 1. The standard InChI is InChI=1S/C7H8N2O4/c10-5-4-8-3-1-2-6(7(8)11)9(12)13/h1-3,10H,4-5H2. The van der Waals surface area contributed by atoms with E-state index in [4.69, 9.17) is 5.11 Å². The highest BCUT2D eigenvalue weighted by Gasteiger charge is 2.12. The number of rotatable bonds is 3. The van der Waals surface area contributed by atoms with Crippen molar-refractivity contribution >= 4 is 5.69 Å². The third-order valence-electron chi connectivity index (χ3n) is 1.54. The van der Waals surface area contributed by atoms with Crippen LogP contribution in [0.1, 0.15) is 0 Å². The van der Waals surface area contributed by atoms with Crippen LogP contribution in [0, 0.1) is 10.1 Å². The van der Waals surface area contributed by atoms with Crippen molar-refractivity contribution in [2.45, 2.75) is 6.54 Å². The number of aromatic nitrogens is 1. The molecule has 0 aliphatic heterocycles. The molecular weight excluding hydrogens is 176 g/mol. The smallest absolute Gasteiger partial charge is 0.334 e. The largest absolute Gasteiger partial charge is 0.395 e. The third kappa shape index (κ3) is 1.91. The molecule has 0 aliphatic rings. The lowest BCUT2D eigenvalue weighted by atomic mass is 10.4. The van der Waals surface area contributed by atoms with E-state index in [2.05, 4.69) is 0 Å². The van der Waals surface area contributed by atoms with Gasteiger partial charge < -0.3 is 9.67 Å². The zero-order valence-corrected chi connectivity index (χ0v) is 6.71. The molecule has 1 aromatic rings. The summed E-state index contributed by atoms with van der Waals surface area (Å²) in [6.07, 6.45) is 1.39. The maximum Gasteiger partial charge on any atom is 0.334 e. The predicted molar refractivity (Wildman–Crippen MR) is 44.4 cm³/mol. The van der Waals surface area contributed by atoms with Crippen molar-refractivity contribution in [3.05, 3.63) is 38.8 Å². The number of nitrogens with zero attached hydrogens (tertiary/aromatic N) is 2. The highest BCUT2D eigenvalue weighted by atomic mass is 16.6. The maximum absolute atomic E-state index is 11.2. The average Bonchev–Trinajstić information content (AvgIpc) is 2.08. The molecule has 13 heavy (non-hydrogen) atoms. The first kappa shape index (κ1) is 9.40. The second-order valence-corrected chi connectivity index (χ2v) is 2.37. The van der Waals surface area contributed by atoms with Crippen LogP contribution < -0.4 is 5.56 Å². The van der Waals surface area contributed by atoms with Crippen molar-refractivity contribution in [2.24, 2.45) is 0 Å². The Hall–Kier alpha value is -1.69. The molecule has 0 bridgehead atoms. The molecule has 0 fully saturated rings. The van der Waals surface area contributed by atoms with Gasteiger partial charge in [0.1, 0.15) is 0 Å². The Bertz CT molecular complexity index is 371. The van der Waals surface area contributed by atoms with E-state index in [-0.39, 0.29) is 13.2 Å². The molecule has 0 amide bonds. The van der Waals surface area contributed by atoms with Crippen LogP contribution in [-0.2, 0) is 6.54 Å². The van der Waals surface area contributed by atoms with Crippen LogP contribution in [0.4, 0.5) is 5.69 Å². The lowest BCUT2D eigenvalue weighted by Gasteiger charge is -2.00. The van der Waals surface area contributed by atoms with Gasteiger partial charge >= 0.3 is 11.2 Å². The van der Waals surface area contributed by atoms with Crippen LogP contribution in [0.2, 0.25) is 0 Å². The van der Waals surface area contributed by atoms with E-state index in [9.17, 15) is 14.9 Å². The molecule has 70 valence electrons. The first-order valence-electron chi connectivity index (χ1n) is 3.61. The minimum Gasteiger partial charge on any atom is -0.395 e. The van der Waals surface area contributed by atoms with Crippen LogP contribution in [0.15, 0.2) is 23.1 Å². The lowest BCUT2D eigenvalue weighted by molar-refractivity contribution is -0.386. The van der Waals surface area contributed by atoms with Crippen molar-refractivity contribution in [1.82, 2.24) is 4.57 Å². The SMILES string of the molecule is O=c1c([N+](=O)[O-])cccn1CCO. The zero-order chi connectivity index (χ0) is 9.84. The summed E-state index contributed by atoms with van der Waals surface area (Å²) in [5, 5.41) is 18.9. The summed E-state index contributed by atoms with van der Waals surface area (Å²) >= 11 is 0. The van der Waals surface area contributed by atoms with Gasteiger partial charge in [-0.1, -0.05) is 0 Å². The number of pyridine rings is 1. The van der Waals surface area contributed by atoms with Gasteiger partial charge in [0, 0.05) is 18.8 Å². The Morgan fingerprint density at radius 2 is 2.31 bits per heavy atom. The van der Waals surface area contributed by atoms with Crippen molar-refractivity contribution in [1.29, 1.82) is 0 Å². The minimum absolute atomic E-state index is 0.0700. The first-order chi connectivity index (χ1) is 6.16. The Labute approximate surface area is 73.2 Å². The molecule has 1 rings (SSSR count). The molecule has 1 heterocycles. The van der Waals surface area contributed by atoms with Gasteiger partial charge in [0.15, 0.2) is 0 Å². The van der Waals surface area contributed by atoms with E-state index in [1.165, 1.54) is 12.3 Å². The van der Waals surface area contributed by atoms with E-state index in [0.717, 1.165) is 10.6 Å². The van der Waals surface area contributed by atoms with E-state index < -0.39 is 16.2 Å². The molecule has 0 saturated heterocycles. The predicted octanol–water partition coefficient (Wildman–Crippen LogP) is -0.251. The minimum atomic E-state index is -0.740. The molecule has 0 radical (unpaired) electrons. The molecular formula is C7H8N2O4. The molecule has 0 aromatic carbocycles. The van der Waals surface area contributed by atoms with E-state index >= 15 is 0 Å². The summed E-state index contributed by atoms with van der Waals surface area (Å²) in [7, 11) is 0. The highest BCUT2D eigenvalue weighted by Crippen LogP contribution is 2.00. The van der Waals surface area contributed by atoms with Gasteiger partial charge in [0.05, 0.1) is 11.5 Å². The summed E-state index contributed by atoms with van der Waals surface area (Å²) in [6.45, 7) is -0.151. The summed E-state index contributed by atoms with van der Waals surface area (Å²) in [4.78, 5) is 20.8. The summed E-state index contributed by atoms with van der Waals surface area (Å²) < 4.78 is 1.10. The van der Waals surface area contributed by atoms with Crippen LogP contribution in [0.25, 0.3) is 0 Å². The molecule has 6 nitrogen and oxygen atoms in total. The van der Waals surface area contributed by atoms with E-state index in [1.54, 1.807) is 0 Å². The molecule has 1 aromatic heterocycles. The summed E-state index contributed by atoms with van der Waals surface area (Å²) in [5.74, 6) is 0. The van der Waals surface area contributed by atoms with Gasteiger partial charge in [0.2, 0.25) is 0 Å². The Balaban J connectivity index is 3.19. The number of hydrogen-bond donors (Lipinski definition) is 1. The van der Waals surface area contributed by atoms with E-state index in [0.29, 0.717) is 0 Å². The summed E-state index contributed by atoms with van der Waals surface area (Å²) in [6, 6.07) is 2.53. The van der Waals surface area contributed by atoms with Crippen LogP contribution in [0.3, 0.4) is 0 Å². The van der Waals surface area contributed by atoms with Gasteiger partial charge in [-0.2, -0.15) is 0 Å². The average molecular weight is 184 g/mol. The molecule has 0 atom stereocenters. The van der Waals surface area contributed by atoms with Crippen molar-refractivity contribution in [2.75, 3.05) is 6.61 Å². The topological polar surface area (TPSA) is 85.4 Å². The molecule has 0 saturated carbocycles. The molecule has 6 heteroatoms. The van der Waals surface area contributed by atoms with Crippen LogP contribution in [-0.4, -0.2) is 21.2 Å². The lowest BCUT2D eigenvalue weighted by Crippen LogP contribution is -2.22. The highest BCUT2D eigenvalue weighted by molar-refractivity contribution is 5.24. The number of hydrogen-bond acceptors (Lipinski definition) is 4. The van der Waals surface area contributed by atoms with Crippen molar-refractivity contribution < 1.29 is 10.0 Å². The van der Waals surface area contributed by atoms with Crippen molar-refractivity contribution in [3.63, 3.8) is 0 Å². The Kier molecular flexibility index (Phi) is 2.76. The van der Waals surface area contributed by atoms with E-state index in [1.807, 2.05) is 0 Å². The second-order valence-electron chi connectivity index (χ2n) is 2.37. The van der Waals surface area contributed by atoms with Crippen molar-refractivity contribution in [3.8, 4) is 0 Å². The molecule has 1 N–H and O–H groups in total. The number of aliphatic hydroxyl groups excluding tert-OH is 1. The maximum atomic E-state index is 11.2. The first-order valence-corrected chi connectivity index (χ1v) is 3.61. The second kappa shape index (κ2) is 3.81. The summed E-state index contributed by atoms with van der Waals surface area (Å²) in [5.41, 5.74) is -1.17. The fraction of sp³-hybridized carbons (Fsp3) is 0.286. The van der Waals surface area contributed by atoms with Crippen LogP contribution >= 0.6 is 0 Å². The van der Waals surface area contributed by atoms with Gasteiger partial charge in [-0.15, -0.1) is 0 Å². The Morgan fingerprint density at radius 1 is 1.62 bits per heavy atom. The Morgan fingerprint density at radius 3 is 2.85 bits per heavy atom. The fourth-order valence-corrected chi connectivity index (χ4v) is 0.947. The fourth-order valence-electron chi connectivity index (χ4n) is 0.947. The monoisotopic (exact) mass is 184 g/mol. The quantitative estimate of drug-likeness (QED) is 0.518. The normalized spacial score (nSPS) is 9.92. The van der Waals surface area contributed by atoms with Gasteiger partial charge in [-0.3, -0.25) is 14.9 Å². The third-order valence-corrected chi connectivity index (χ3v) is 1.54. The zero-order valence-electron chi connectivity index (χ0n) is 6.71. The molecule has 0 spiro atoms. The molecule has 0 aliphatic carbocycles. The molecule has 0 unspecified atom stereocenters. The number of nitro groups is 1. The van der Waals surface area contributed by atoms with Gasteiger partial charge in [-0.05, 0) is 6.07 Å². The van der Waals surface area contributed by atoms with Gasteiger partial charge in [0.25, 0.3) is 0 Å². The van der Waals surface area contributed by atoms with Crippen LogP contribution in [0.5, 0.6) is 0 Å². The van der Waals surface area contributed by atoms with Gasteiger partial charge in [-0.25, -0.2) is 0 Å².